The highest BCUT2D eigenvalue weighted by molar-refractivity contribution is 5.21. The third kappa shape index (κ3) is 2.49. The molecule has 1 aromatic carbocycles. The van der Waals surface area contributed by atoms with Gasteiger partial charge in [0.1, 0.15) is 12.4 Å². The fourth-order valence-corrected chi connectivity index (χ4v) is 1.69. The van der Waals surface area contributed by atoms with Crippen LogP contribution in [0.5, 0.6) is 5.75 Å². The standard InChI is InChI=1S/C12H17NO2/c13-12(8-14,10-6-7-10)9-15-11-4-2-1-3-5-11/h1-5,10,14H,6-9,13H2. The highest BCUT2D eigenvalue weighted by atomic mass is 16.5. The lowest BCUT2D eigenvalue weighted by Gasteiger charge is -2.26. The van der Waals surface area contributed by atoms with Gasteiger partial charge in [0.2, 0.25) is 0 Å². The lowest BCUT2D eigenvalue weighted by Crippen LogP contribution is -2.51. The van der Waals surface area contributed by atoms with Crippen molar-refractivity contribution in [3.05, 3.63) is 30.3 Å². The van der Waals surface area contributed by atoms with Gasteiger partial charge in [-0.1, -0.05) is 18.2 Å². The predicted molar refractivity (Wildman–Crippen MR) is 58.7 cm³/mol. The molecule has 3 N–H and O–H groups in total. The molecule has 0 radical (unpaired) electrons. The van der Waals surface area contributed by atoms with E-state index in [0.717, 1.165) is 18.6 Å². The third-order valence-electron chi connectivity index (χ3n) is 2.94. The Morgan fingerprint density at radius 1 is 1.33 bits per heavy atom. The third-order valence-corrected chi connectivity index (χ3v) is 2.94. The number of ether oxygens (including phenoxy) is 1. The fourth-order valence-electron chi connectivity index (χ4n) is 1.69. The van der Waals surface area contributed by atoms with Gasteiger partial charge in [-0.05, 0) is 30.9 Å². The zero-order valence-electron chi connectivity index (χ0n) is 8.73. The molecule has 2 rings (SSSR count). The van der Waals surface area contributed by atoms with Gasteiger partial charge in [0.25, 0.3) is 0 Å². The highest BCUT2D eigenvalue weighted by Gasteiger charge is 2.42. The Labute approximate surface area is 89.9 Å². The molecule has 0 bridgehead atoms. The topological polar surface area (TPSA) is 55.5 Å². The molecule has 1 atom stereocenters. The fraction of sp³-hybridized carbons (Fsp3) is 0.500. The van der Waals surface area contributed by atoms with Gasteiger partial charge in [-0.25, -0.2) is 0 Å². The van der Waals surface area contributed by atoms with E-state index in [9.17, 15) is 5.11 Å². The highest BCUT2D eigenvalue weighted by Crippen LogP contribution is 2.38. The van der Waals surface area contributed by atoms with Crippen LogP contribution in [0.3, 0.4) is 0 Å². The Hall–Kier alpha value is -1.06. The van der Waals surface area contributed by atoms with Crippen molar-refractivity contribution in [3.63, 3.8) is 0 Å². The van der Waals surface area contributed by atoms with Gasteiger partial charge in [0.05, 0.1) is 12.1 Å². The Kier molecular flexibility index (Phi) is 2.93. The summed E-state index contributed by atoms with van der Waals surface area (Å²) in [5, 5.41) is 9.27. The zero-order valence-corrected chi connectivity index (χ0v) is 8.73. The van der Waals surface area contributed by atoms with E-state index < -0.39 is 5.54 Å². The molecule has 3 heteroatoms. The van der Waals surface area contributed by atoms with Crippen LogP contribution in [0.2, 0.25) is 0 Å². The van der Waals surface area contributed by atoms with E-state index >= 15 is 0 Å². The van der Waals surface area contributed by atoms with Crippen molar-refractivity contribution >= 4 is 0 Å². The minimum Gasteiger partial charge on any atom is -0.492 e. The quantitative estimate of drug-likeness (QED) is 0.762. The molecule has 1 saturated carbocycles. The summed E-state index contributed by atoms with van der Waals surface area (Å²) in [5.74, 6) is 1.23. The number of aliphatic hydroxyl groups is 1. The molecular weight excluding hydrogens is 190 g/mol. The van der Waals surface area contributed by atoms with Crippen LogP contribution in [0.4, 0.5) is 0 Å². The van der Waals surface area contributed by atoms with E-state index in [-0.39, 0.29) is 6.61 Å². The van der Waals surface area contributed by atoms with Gasteiger partial charge in [-0.3, -0.25) is 0 Å². The maximum Gasteiger partial charge on any atom is 0.119 e. The van der Waals surface area contributed by atoms with E-state index in [4.69, 9.17) is 10.5 Å². The number of benzene rings is 1. The number of nitrogens with two attached hydrogens (primary N) is 1. The molecule has 0 spiro atoms. The average molecular weight is 207 g/mol. The molecule has 0 aromatic heterocycles. The van der Waals surface area contributed by atoms with E-state index in [1.165, 1.54) is 0 Å². The van der Waals surface area contributed by atoms with Crippen molar-refractivity contribution in [3.8, 4) is 5.75 Å². The van der Waals surface area contributed by atoms with Crippen LogP contribution < -0.4 is 10.5 Å². The summed E-state index contributed by atoms with van der Waals surface area (Å²) in [5.41, 5.74) is 5.52. The maximum absolute atomic E-state index is 9.27. The monoisotopic (exact) mass is 207 g/mol. The number of para-hydroxylation sites is 1. The summed E-state index contributed by atoms with van der Waals surface area (Å²) in [6.45, 7) is 0.378. The second kappa shape index (κ2) is 4.21. The minimum absolute atomic E-state index is 0.00942. The molecule has 1 aromatic rings. The smallest absolute Gasteiger partial charge is 0.119 e. The van der Waals surface area contributed by atoms with Crippen molar-refractivity contribution in [1.82, 2.24) is 0 Å². The molecule has 3 nitrogen and oxygen atoms in total. The van der Waals surface area contributed by atoms with Crippen molar-refractivity contribution in [1.29, 1.82) is 0 Å². The summed E-state index contributed by atoms with van der Waals surface area (Å²) < 4.78 is 5.58. The lowest BCUT2D eigenvalue weighted by atomic mass is 9.97. The van der Waals surface area contributed by atoms with Crippen LogP contribution >= 0.6 is 0 Å². The van der Waals surface area contributed by atoms with E-state index in [1.807, 2.05) is 30.3 Å². The number of hydrogen-bond acceptors (Lipinski definition) is 3. The molecule has 15 heavy (non-hydrogen) atoms. The van der Waals surface area contributed by atoms with Gasteiger partial charge in [-0.2, -0.15) is 0 Å². The first-order valence-electron chi connectivity index (χ1n) is 5.32. The first-order chi connectivity index (χ1) is 7.24. The SMILES string of the molecule is NC(CO)(COc1ccccc1)C1CC1. The second-order valence-electron chi connectivity index (χ2n) is 4.27. The summed E-state index contributed by atoms with van der Waals surface area (Å²) in [6, 6.07) is 9.57. The molecule has 1 aliphatic rings. The van der Waals surface area contributed by atoms with Crippen LogP contribution in [0.1, 0.15) is 12.8 Å². The number of aliphatic hydroxyl groups excluding tert-OH is 1. The summed E-state index contributed by atoms with van der Waals surface area (Å²) in [4.78, 5) is 0. The average Bonchev–Trinajstić information content (AvgIpc) is 3.11. The molecule has 1 fully saturated rings. The summed E-state index contributed by atoms with van der Waals surface area (Å²) >= 11 is 0. The Balaban J connectivity index is 1.91. The van der Waals surface area contributed by atoms with Crippen molar-refractivity contribution in [2.45, 2.75) is 18.4 Å². The lowest BCUT2D eigenvalue weighted by molar-refractivity contribution is 0.117. The van der Waals surface area contributed by atoms with Gasteiger partial charge in [0, 0.05) is 0 Å². The first-order valence-corrected chi connectivity index (χ1v) is 5.32. The molecule has 0 saturated heterocycles. The summed E-state index contributed by atoms with van der Waals surface area (Å²) in [6.07, 6.45) is 2.21. The van der Waals surface area contributed by atoms with Crippen molar-refractivity contribution in [2.75, 3.05) is 13.2 Å². The van der Waals surface area contributed by atoms with Crippen LogP contribution in [0.25, 0.3) is 0 Å². The van der Waals surface area contributed by atoms with Gasteiger partial charge < -0.3 is 15.6 Å². The van der Waals surface area contributed by atoms with Crippen LogP contribution in [-0.2, 0) is 0 Å². The Morgan fingerprint density at radius 3 is 2.53 bits per heavy atom. The molecule has 82 valence electrons. The normalized spacial score (nSPS) is 19.6. The number of rotatable bonds is 5. The van der Waals surface area contributed by atoms with Crippen LogP contribution in [0.15, 0.2) is 30.3 Å². The molecule has 0 aliphatic heterocycles. The molecular formula is C12H17NO2. The molecule has 1 unspecified atom stereocenters. The van der Waals surface area contributed by atoms with Crippen LogP contribution in [-0.4, -0.2) is 23.9 Å². The van der Waals surface area contributed by atoms with Crippen LogP contribution in [0, 0.1) is 5.92 Å². The first kappa shape index (κ1) is 10.5. The van der Waals surface area contributed by atoms with Crippen molar-refractivity contribution in [2.24, 2.45) is 11.7 Å². The molecule has 1 aliphatic carbocycles. The van der Waals surface area contributed by atoms with Gasteiger partial charge in [0.15, 0.2) is 0 Å². The predicted octanol–water partition coefficient (Wildman–Crippen LogP) is 1.17. The zero-order chi connectivity index (χ0) is 10.7. The van der Waals surface area contributed by atoms with Gasteiger partial charge >= 0.3 is 0 Å². The molecule has 0 heterocycles. The minimum atomic E-state index is -0.560. The number of hydrogen-bond donors (Lipinski definition) is 2. The largest absolute Gasteiger partial charge is 0.492 e. The maximum atomic E-state index is 9.27. The van der Waals surface area contributed by atoms with E-state index in [2.05, 4.69) is 0 Å². The Bertz CT molecular complexity index is 311. The van der Waals surface area contributed by atoms with E-state index in [1.54, 1.807) is 0 Å². The Morgan fingerprint density at radius 2 is 2.00 bits per heavy atom. The second-order valence-corrected chi connectivity index (χ2v) is 4.27. The van der Waals surface area contributed by atoms with Gasteiger partial charge in [-0.15, -0.1) is 0 Å². The van der Waals surface area contributed by atoms with Crippen molar-refractivity contribution < 1.29 is 9.84 Å². The van der Waals surface area contributed by atoms with E-state index in [0.29, 0.717) is 12.5 Å². The summed E-state index contributed by atoms with van der Waals surface area (Å²) in [7, 11) is 0. The molecule has 0 amide bonds.